The van der Waals surface area contributed by atoms with Crippen molar-refractivity contribution in [2.45, 2.75) is 56.4 Å². The van der Waals surface area contributed by atoms with E-state index in [0.717, 1.165) is 24.4 Å². The lowest BCUT2D eigenvalue weighted by molar-refractivity contribution is -0.0804. The lowest BCUT2D eigenvalue weighted by Gasteiger charge is -2.41. The summed E-state index contributed by atoms with van der Waals surface area (Å²) in [6.07, 6.45) is 0.237. The largest absolute Gasteiger partial charge is 0.494 e. The minimum Gasteiger partial charge on any atom is -0.494 e. The number of fused-ring (bicyclic) bond motifs is 1. The first kappa shape index (κ1) is 19.4. The molecule has 0 amide bonds. The molecule has 1 aromatic carbocycles. The van der Waals surface area contributed by atoms with Crippen molar-refractivity contribution in [1.82, 2.24) is 19.7 Å². The van der Waals surface area contributed by atoms with E-state index in [1.165, 1.54) is 16.4 Å². The lowest BCUT2D eigenvalue weighted by atomic mass is 9.99. The topological polar surface area (TPSA) is 69.5 Å². The van der Waals surface area contributed by atoms with Crippen molar-refractivity contribution in [2.24, 2.45) is 0 Å². The summed E-state index contributed by atoms with van der Waals surface area (Å²) >= 11 is 1.50. The zero-order chi connectivity index (χ0) is 19.8. The highest BCUT2D eigenvalue weighted by molar-refractivity contribution is 8.00. The molecule has 1 fully saturated rings. The summed E-state index contributed by atoms with van der Waals surface area (Å²) in [7, 11) is 0. The molecule has 7 nitrogen and oxygen atoms in total. The van der Waals surface area contributed by atoms with Gasteiger partial charge in [0.1, 0.15) is 16.8 Å². The number of aryl methyl sites for hydroxylation is 1. The van der Waals surface area contributed by atoms with Gasteiger partial charge in [0.2, 0.25) is 0 Å². The number of benzene rings is 1. The van der Waals surface area contributed by atoms with Crippen molar-refractivity contribution < 1.29 is 14.3 Å². The van der Waals surface area contributed by atoms with Crippen LogP contribution in [-0.4, -0.2) is 62.7 Å². The number of thioether (sulfide) groups is 1. The molecule has 4 atom stereocenters. The molecule has 4 unspecified atom stereocenters. The van der Waals surface area contributed by atoms with Crippen LogP contribution in [0.5, 0.6) is 5.75 Å². The minimum absolute atomic E-state index is 0.00807. The van der Waals surface area contributed by atoms with Crippen molar-refractivity contribution >= 4 is 17.7 Å². The van der Waals surface area contributed by atoms with Crippen molar-refractivity contribution in [3.05, 3.63) is 35.7 Å². The molecule has 8 heteroatoms. The Morgan fingerprint density at radius 1 is 1.25 bits per heavy atom. The molecular formula is C20H26N4O3S. The molecule has 0 bridgehead atoms. The van der Waals surface area contributed by atoms with E-state index in [2.05, 4.69) is 41.0 Å². The molecule has 0 aliphatic carbocycles. The molecule has 2 aliphatic heterocycles. The monoisotopic (exact) mass is 402 g/mol. The maximum atomic E-state index is 13.2. The number of nitrogens with zero attached hydrogens (tertiary/aromatic N) is 4. The maximum Gasteiger partial charge on any atom is 0.264 e. The summed E-state index contributed by atoms with van der Waals surface area (Å²) in [5.74, 6) is 1.45. The first-order chi connectivity index (χ1) is 13.5. The van der Waals surface area contributed by atoms with Crippen LogP contribution in [-0.2, 0) is 4.74 Å². The summed E-state index contributed by atoms with van der Waals surface area (Å²) in [6.45, 7) is 10.1. The molecule has 28 heavy (non-hydrogen) atoms. The summed E-state index contributed by atoms with van der Waals surface area (Å²) in [5, 5.41) is 4.68. The molecule has 2 aliphatic rings. The van der Waals surface area contributed by atoms with E-state index in [1.807, 2.05) is 26.0 Å². The number of hydrogen-bond acceptors (Lipinski definition) is 7. The first-order valence-electron chi connectivity index (χ1n) is 9.73. The van der Waals surface area contributed by atoms with Crippen LogP contribution in [0.3, 0.4) is 0 Å². The van der Waals surface area contributed by atoms with Gasteiger partial charge in [-0.1, -0.05) is 23.9 Å². The predicted octanol–water partition coefficient (Wildman–Crippen LogP) is 2.95. The van der Waals surface area contributed by atoms with Gasteiger partial charge in [-0.05, 0) is 45.4 Å². The van der Waals surface area contributed by atoms with E-state index in [-0.39, 0.29) is 29.4 Å². The summed E-state index contributed by atoms with van der Waals surface area (Å²) in [4.78, 5) is 19.9. The van der Waals surface area contributed by atoms with Gasteiger partial charge in [0.25, 0.3) is 5.91 Å². The smallest absolute Gasteiger partial charge is 0.264 e. The molecule has 0 saturated carbocycles. The Balaban J connectivity index is 1.67. The SMILES string of the molecule is CCOc1ccc(C(C2Sc3nc(C)nn3C2=O)N2CC(C)OC(C)C2)cc1. The van der Waals surface area contributed by atoms with Crippen LogP contribution in [0.2, 0.25) is 0 Å². The van der Waals surface area contributed by atoms with Gasteiger partial charge >= 0.3 is 0 Å². The number of carbonyl (C=O) groups excluding carboxylic acids is 1. The minimum atomic E-state index is -0.286. The van der Waals surface area contributed by atoms with Crippen molar-refractivity contribution in [3.63, 3.8) is 0 Å². The van der Waals surface area contributed by atoms with Crippen LogP contribution in [0, 0.1) is 6.92 Å². The number of hydrogen-bond donors (Lipinski definition) is 0. The Kier molecular flexibility index (Phi) is 5.44. The molecule has 1 saturated heterocycles. The van der Waals surface area contributed by atoms with E-state index < -0.39 is 0 Å². The normalized spacial score (nSPS) is 26.3. The van der Waals surface area contributed by atoms with Crippen LogP contribution >= 0.6 is 11.8 Å². The zero-order valence-electron chi connectivity index (χ0n) is 16.7. The summed E-state index contributed by atoms with van der Waals surface area (Å²) in [5.41, 5.74) is 1.10. The van der Waals surface area contributed by atoms with Crippen LogP contribution in [0.25, 0.3) is 0 Å². The first-order valence-corrected chi connectivity index (χ1v) is 10.6. The standard InChI is InChI=1S/C20H26N4O3S/c1-5-26-16-8-6-15(7-9-16)17(23-10-12(2)27-13(3)11-23)18-19(25)24-20(28-18)21-14(4)22-24/h6-9,12-13,17-18H,5,10-11H2,1-4H3. The van der Waals surface area contributed by atoms with Crippen LogP contribution < -0.4 is 4.74 Å². The molecule has 2 aromatic rings. The second-order valence-electron chi connectivity index (χ2n) is 7.39. The molecule has 3 heterocycles. The average Bonchev–Trinajstić information content (AvgIpc) is 3.14. The van der Waals surface area contributed by atoms with Gasteiger partial charge in [-0.3, -0.25) is 9.69 Å². The van der Waals surface area contributed by atoms with Crippen molar-refractivity contribution in [1.29, 1.82) is 0 Å². The van der Waals surface area contributed by atoms with Gasteiger partial charge in [-0.15, -0.1) is 5.10 Å². The van der Waals surface area contributed by atoms with E-state index in [4.69, 9.17) is 9.47 Å². The lowest BCUT2D eigenvalue weighted by Crippen LogP contribution is -2.50. The molecule has 1 aromatic heterocycles. The zero-order valence-corrected chi connectivity index (χ0v) is 17.5. The molecule has 0 N–H and O–H groups in total. The Morgan fingerprint density at radius 3 is 2.54 bits per heavy atom. The third-order valence-electron chi connectivity index (χ3n) is 5.03. The highest BCUT2D eigenvalue weighted by Crippen LogP contribution is 2.42. The van der Waals surface area contributed by atoms with E-state index in [0.29, 0.717) is 17.6 Å². The molecule has 0 radical (unpaired) electrons. The van der Waals surface area contributed by atoms with Gasteiger partial charge in [0.15, 0.2) is 5.16 Å². The van der Waals surface area contributed by atoms with E-state index in [9.17, 15) is 4.79 Å². The number of ether oxygens (including phenoxy) is 2. The molecule has 150 valence electrons. The Labute approximate surface area is 169 Å². The number of aromatic nitrogens is 3. The number of rotatable bonds is 5. The van der Waals surface area contributed by atoms with E-state index >= 15 is 0 Å². The fourth-order valence-corrected chi connectivity index (χ4v) is 5.35. The highest BCUT2D eigenvalue weighted by Gasteiger charge is 2.44. The Bertz CT molecular complexity index is 844. The van der Waals surface area contributed by atoms with Crippen molar-refractivity contribution in [3.8, 4) is 5.75 Å². The third-order valence-corrected chi connectivity index (χ3v) is 6.22. The fraction of sp³-hybridized carbons (Fsp3) is 0.550. The number of morpholine rings is 1. The van der Waals surface area contributed by atoms with Gasteiger partial charge in [0.05, 0.1) is 24.9 Å². The van der Waals surface area contributed by atoms with E-state index in [1.54, 1.807) is 0 Å². The van der Waals surface area contributed by atoms with Crippen molar-refractivity contribution in [2.75, 3.05) is 19.7 Å². The summed E-state index contributed by atoms with van der Waals surface area (Å²) in [6, 6.07) is 8.00. The predicted molar refractivity (Wildman–Crippen MR) is 107 cm³/mol. The van der Waals surface area contributed by atoms with Crippen LogP contribution in [0.1, 0.15) is 43.0 Å². The fourth-order valence-electron chi connectivity index (χ4n) is 4.05. The average molecular weight is 403 g/mol. The van der Waals surface area contributed by atoms with Gasteiger partial charge in [-0.2, -0.15) is 4.68 Å². The Hall–Kier alpha value is -1.90. The highest BCUT2D eigenvalue weighted by atomic mass is 32.2. The second-order valence-corrected chi connectivity index (χ2v) is 8.50. The maximum absolute atomic E-state index is 13.2. The van der Waals surface area contributed by atoms with Gasteiger partial charge < -0.3 is 9.47 Å². The molecular weight excluding hydrogens is 376 g/mol. The van der Waals surface area contributed by atoms with Crippen LogP contribution in [0.4, 0.5) is 0 Å². The van der Waals surface area contributed by atoms with Crippen LogP contribution in [0.15, 0.2) is 29.4 Å². The summed E-state index contributed by atoms with van der Waals surface area (Å²) < 4.78 is 13.0. The third kappa shape index (κ3) is 3.68. The van der Waals surface area contributed by atoms with Gasteiger partial charge in [0, 0.05) is 13.1 Å². The molecule has 4 rings (SSSR count). The number of carbonyl (C=O) groups is 1. The quantitative estimate of drug-likeness (QED) is 0.761. The molecule has 0 spiro atoms. The van der Waals surface area contributed by atoms with Gasteiger partial charge in [-0.25, -0.2) is 4.98 Å². The Morgan fingerprint density at radius 2 is 1.93 bits per heavy atom. The second kappa shape index (κ2) is 7.85.